The minimum absolute atomic E-state index is 0.0997. The van der Waals surface area contributed by atoms with Gasteiger partial charge in [0.1, 0.15) is 5.69 Å². The number of nitro groups is 1. The van der Waals surface area contributed by atoms with E-state index in [1.807, 2.05) is 23.1 Å². The van der Waals surface area contributed by atoms with E-state index in [-0.39, 0.29) is 17.2 Å². The zero-order valence-corrected chi connectivity index (χ0v) is 13.4. The quantitative estimate of drug-likeness (QED) is 0.687. The lowest BCUT2D eigenvalue weighted by Gasteiger charge is -2.30. The number of rotatable bonds is 4. The van der Waals surface area contributed by atoms with E-state index in [0.29, 0.717) is 11.3 Å². The van der Waals surface area contributed by atoms with Gasteiger partial charge in [-0.15, -0.1) is 0 Å². The van der Waals surface area contributed by atoms with E-state index in [4.69, 9.17) is 0 Å². The molecule has 1 N–H and O–H groups in total. The van der Waals surface area contributed by atoms with E-state index in [1.165, 1.54) is 17.2 Å². The number of nitro benzene ring substituents is 1. The summed E-state index contributed by atoms with van der Waals surface area (Å²) in [5.74, 6) is 0. The average molecular weight is 324 g/mol. The summed E-state index contributed by atoms with van der Waals surface area (Å²) in [5.41, 5.74) is 3.95. The van der Waals surface area contributed by atoms with E-state index in [2.05, 4.69) is 18.2 Å². The van der Waals surface area contributed by atoms with Crippen molar-refractivity contribution < 1.29 is 10.0 Å². The number of benzene rings is 2. The molecule has 5 heteroatoms. The summed E-state index contributed by atoms with van der Waals surface area (Å²) < 4.78 is 0. The molecule has 0 spiro atoms. The normalized spacial score (nSPS) is 14.5. The molecule has 24 heavy (non-hydrogen) atoms. The molecular weight excluding hydrogens is 304 g/mol. The summed E-state index contributed by atoms with van der Waals surface area (Å²) >= 11 is 0. The summed E-state index contributed by atoms with van der Waals surface area (Å²) in [5, 5.41) is 20.6. The predicted molar refractivity (Wildman–Crippen MR) is 94.9 cm³/mol. The Labute approximate surface area is 141 Å². The van der Waals surface area contributed by atoms with Crippen molar-refractivity contribution in [3.63, 3.8) is 0 Å². The van der Waals surface area contributed by atoms with E-state index in [9.17, 15) is 15.2 Å². The summed E-state index contributed by atoms with van der Waals surface area (Å²) in [6.45, 7) is 1.38. The lowest BCUT2D eigenvalue weighted by atomic mass is 10.00. The maximum Gasteiger partial charge on any atom is 0.292 e. The molecular formula is C19H20N2O3. The topological polar surface area (TPSA) is 66.6 Å². The van der Waals surface area contributed by atoms with Crippen molar-refractivity contribution in [1.82, 2.24) is 0 Å². The second kappa shape index (κ2) is 7.27. The Morgan fingerprint density at radius 1 is 1.12 bits per heavy atom. The molecule has 3 rings (SSSR count). The Morgan fingerprint density at radius 2 is 1.83 bits per heavy atom. The lowest BCUT2D eigenvalue weighted by molar-refractivity contribution is -0.384. The molecule has 1 aliphatic rings. The van der Waals surface area contributed by atoms with Gasteiger partial charge in [-0.05, 0) is 36.1 Å². The van der Waals surface area contributed by atoms with Gasteiger partial charge < -0.3 is 10.0 Å². The van der Waals surface area contributed by atoms with Crippen LogP contribution in [0.15, 0.2) is 54.1 Å². The number of hydrogen-bond donors (Lipinski definition) is 1. The van der Waals surface area contributed by atoms with Gasteiger partial charge in [0, 0.05) is 19.2 Å². The highest BCUT2D eigenvalue weighted by Crippen LogP contribution is 2.32. The van der Waals surface area contributed by atoms with Gasteiger partial charge in [0.05, 0.1) is 11.5 Å². The third-order valence-electron chi connectivity index (χ3n) is 4.34. The Hall–Kier alpha value is -2.66. The molecule has 0 bridgehead atoms. The van der Waals surface area contributed by atoms with E-state index >= 15 is 0 Å². The maximum atomic E-state index is 11.3. The largest absolute Gasteiger partial charge is 0.392 e. The molecule has 0 amide bonds. The first-order chi connectivity index (χ1) is 11.7. The molecule has 0 unspecified atom stereocenters. The zero-order valence-electron chi connectivity index (χ0n) is 13.4. The van der Waals surface area contributed by atoms with Gasteiger partial charge in [-0.3, -0.25) is 10.1 Å². The van der Waals surface area contributed by atoms with Gasteiger partial charge in [-0.25, -0.2) is 0 Å². The SMILES string of the molecule is O=[N+]([O-])c1ccc(CO)cc1N1CCC(=Cc2ccccc2)CC1. The van der Waals surface area contributed by atoms with E-state index in [1.54, 1.807) is 12.1 Å². The molecule has 0 aromatic heterocycles. The first-order valence-electron chi connectivity index (χ1n) is 8.05. The summed E-state index contributed by atoms with van der Waals surface area (Å²) in [6.07, 6.45) is 3.97. The molecule has 2 aromatic carbocycles. The number of aliphatic hydroxyl groups is 1. The predicted octanol–water partition coefficient (Wildman–Crippen LogP) is 3.77. The van der Waals surface area contributed by atoms with Crippen LogP contribution in [0.5, 0.6) is 0 Å². The first kappa shape index (κ1) is 16.2. The Kier molecular flexibility index (Phi) is 4.91. The van der Waals surface area contributed by atoms with E-state index < -0.39 is 0 Å². The van der Waals surface area contributed by atoms with Crippen LogP contribution in [-0.2, 0) is 6.61 Å². The van der Waals surface area contributed by atoms with Gasteiger partial charge in [0.25, 0.3) is 5.69 Å². The molecule has 124 valence electrons. The Balaban J connectivity index is 1.77. The van der Waals surface area contributed by atoms with Crippen LogP contribution >= 0.6 is 0 Å². The standard InChI is InChI=1S/C19H20N2O3/c22-14-17-6-7-18(21(23)24)19(13-17)20-10-8-16(9-11-20)12-15-4-2-1-3-5-15/h1-7,12-13,22H,8-11,14H2. The number of piperidine rings is 1. The smallest absolute Gasteiger partial charge is 0.292 e. The van der Waals surface area contributed by atoms with Crippen molar-refractivity contribution in [2.24, 2.45) is 0 Å². The van der Waals surface area contributed by atoms with E-state index in [0.717, 1.165) is 25.9 Å². The van der Waals surface area contributed by atoms with Crippen molar-refractivity contribution in [2.75, 3.05) is 18.0 Å². The maximum absolute atomic E-state index is 11.3. The van der Waals surface area contributed by atoms with Gasteiger partial charge in [-0.1, -0.05) is 42.0 Å². The minimum atomic E-state index is -0.355. The van der Waals surface area contributed by atoms with Crippen molar-refractivity contribution in [1.29, 1.82) is 0 Å². The Bertz CT molecular complexity index is 746. The minimum Gasteiger partial charge on any atom is -0.392 e. The molecule has 0 aliphatic carbocycles. The van der Waals surface area contributed by atoms with Crippen LogP contribution in [0.3, 0.4) is 0 Å². The molecule has 2 aromatic rings. The number of nitrogens with zero attached hydrogens (tertiary/aromatic N) is 2. The van der Waals surface area contributed by atoms with Crippen LogP contribution in [0.4, 0.5) is 11.4 Å². The van der Waals surface area contributed by atoms with Crippen molar-refractivity contribution in [3.05, 3.63) is 75.3 Å². The van der Waals surface area contributed by atoms with Crippen LogP contribution in [-0.4, -0.2) is 23.1 Å². The highest BCUT2D eigenvalue weighted by Gasteiger charge is 2.22. The monoisotopic (exact) mass is 324 g/mol. The fourth-order valence-electron chi connectivity index (χ4n) is 3.04. The third-order valence-corrected chi connectivity index (χ3v) is 4.34. The highest BCUT2D eigenvalue weighted by atomic mass is 16.6. The number of aliphatic hydroxyl groups excluding tert-OH is 1. The zero-order chi connectivity index (χ0) is 16.9. The third kappa shape index (κ3) is 3.63. The molecule has 0 saturated carbocycles. The molecule has 1 aliphatic heterocycles. The van der Waals surface area contributed by atoms with Crippen molar-refractivity contribution in [3.8, 4) is 0 Å². The van der Waals surface area contributed by atoms with Gasteiger partial charge in [-0.2, -0.15) is 0 Å². The van der Waals surface area contributed by atoms with Crippen molar-refractivity contribution in [2.45, 2.75) is 19.4 Å². The number of hydrogen-bond acceptors (Lipinski definition) is 4. The molecule has 1 saturated heterocycles. The molecule has 0 radical (unpaired) electrons. The summed E-state index contributed by atoms with van der Waals surface area (Å²) in [4.78, 5) is 13.0. The molecule has 1 heterocycles. The van der Waals surface area contributed by atoms with Crippen LogP contribution in [0.1, 0.15) is 24.0 Å². The lowest BCUT2D eigenvalue weighted by Crippen LogP contribution is -2.31. The first-order valence-corrected chi connectivity index (χ1v) is 8.05. The fraction of sp³-hybridized carbons (Fsp3) is 0.263. The summed E-state index contributed by atoms with van der Waals surface area (Å²) in [6, 6.07) is 15.0. The Morgan fingerprint density at radius 3 is 2.46 bits per heavy atom. The van der Waals surface area contributed by atoms with Gasteiger partial charge >= 0.3 is 0 Å². The second-order valence-electron chi connectivity index (χ2n) is 5.94. The second-order valence-corrected chi connectivity index (χ2v) is 5.94. The van der Waals surface area contributed by atoms with Gasteiger partial charge in [0.15, 0.2) is 0 Å². The van der Waals surface area contributed by atoms with Crippen LogP contribution < -0.4 is 4.90 Å². The van der Waals surface area contributed by atoms with Crippen molar-refractivity contribution >= 4 is 17.5 Å². The van der Waals surface area contributed by atoms with Crippen LogP contribution in [0.2, 0.25) is 0 Å². The van der Waals surface area contributed by atoms with Crippen LogP contribution in [0.25, 0.3) is 6.08 Å². The van der Waals surface area contributed by atoms with Gasteiger partial charge in [0.2, 0.25) is 0 Å². The average Bonchev–Trinajstić information content (AvgIpc) is 2.62. The number of anilines is 1. The highest BCUT2D eigenvalue weighted by molar-refractivity contribution is 5.65. The van der Waals surface area contributed by atoms with Crippen LogP contribution in [0, 0.1) is 10.1 Å². The molecule has 5 nitrogen and oxygen atoms in total. The summed E-state index contributed by atoms with van der Waals surface area (Å²) in [7, 11) is 0. The molecule has 0 atom stereocenters. The fourth-order valence-corrected chi connectivity index (χ4v) is 3.04. The molecule has 1 fully saturated rings.